The number of hydrogen-bond donors (Lipinski definition) is 7. The number of anilines is 3. The maximum atomic E-state index is 13.7. The fourth-order valence-corrected chi connectivity index (χ4v) is 11.8. The minimum atomic E-state index is -2.65. The summed E-state index contributed by atoms with van der Waals surface area (Å²) < 4.78 is 87.1. The monoisotopic (exact) mass is 1200 g/mol. The molecule has 85 heavy (non-hydrogen) atoms. The molecule has 3 saturated carbocycles. The molecule has 0 radical (unpaired) electrons. The number of aromatic amines is 3. The molecule has 9 heterocycles. The van der Waals surface area contributed by atoms with E-state index in [0.717, 1.165) is 84.5 Å². The molecule has 23 heteroatoms. The number of amides is 2. The Balaban J connectivity index is 0.000000138. The van der Waals surface area contributed by atoms with Gasteiger partial charge in [0.05, 0.1) is 17.8 Å². The second-order valence-electron chi connectivity index (χ2n) is 23.2. The Hall–Kier alpha value is -7.59. The first-order valence-electron chi connectivity index (χ1n) is 28.9. The standard InChI is InChI=1S/C24H26F2N4O2.C19H22F2N4O.C16H20F2N4.C3H3ClO/c1-15-7-8-17(13-30(15)23(31)32-14-16-5-3-2-4-6-16)29-20-9-10-27-22-21(20)18(12-28-22)19-11-24(19,25)26;1-3-16(26)25-10-12(5-4-11(25)2)24-15-6-7-22-18-17(15)13(9-23-18)14-8-19(14,20)21;1-9-2-3-10(7-20-9)22-13-4-5-19-15-14(13)11(8-21-15)12-6-16(12,17)18;1-2-3(4)5/h2-6,9-10,12,15,17,19H,7-8,11,13-14H2,1H3,(H2,27,28,29);3,6-7,9,11-12,14H,1,4-5,8,10H2,2H3,(H2,22,23,24);4-5,8-10,12,20H,2-3,6-7H2,1H3,(H2,19,21,22);2H,1H2/t15-,17+,19?;11-,12+,14?;9-,10+,12?;/m000./s1. The van der Waals surface area contributed by atoms with Gasteiger partial charge in [-0.25, -0.2) is 46.1 Å². The third-order valence-corrected chi connectivity index (χ3v) is 17.1. The van der Waals surface area contributed by atoms with Gasteiger partial charge in [-0.15, -0.1) is 0 Å². The van der Waals surface area contributed by atoms with E-state index in [1.165, 1.54) is 6.08 Å². The number of piperidine rings is 3. The van der Waals surface area contributed by atoms with Gasteiger partial charge >= 0.3 is 6.09 Å². The van der Waals surface area contributed by atoms with Gasteiger partial charge in [-0.1, -0.05) is 43.5 Å². The molecule has 3 aliphatic heterocycles. The maximum absolute atomic E-state index is 13.7. The van der Waals surface area contributed by atoms with E-state index < -0.39 is 40.8 Å². The van der Waals surface area contributed by atoms with Crippen LogP contribution in [0.15, 0.2) is 111 Å². The van der Waals surface area contributed by atoms with Gasteiger partial charge in [-0.2, -0.15) is 0 Å². The van der Waals surface area contributed by atoms with Gasteiger partial charge in [0.2, 0.25) is 11.1 Å². The predicted octanol–water partition coefficient (Wildman–Crippen LogP) is 13.1. The number of fused-ring (bicyclic) bond motifs is 3. The molecule has 0 bridgehead atoms. The minimum absolute atomic E-state index is 0.0106. The number of halogens is 7. The zero-order valence-corrected chi connectivity index (χ0v) is 48.3. The molecule has 13 rings (SSSR count). The number of aromatic nitrogens is 6. The van der Waals surface area contributed by atoms with Crippen LogP contribution in [0.3, 0.4) is 0 Å². The average Bonchev–Trinajstić information content (AvgIpc) is 1.87. The lowest BCUT2D eigenvalue weighted by atomic mass is 9.98. The molecule has 3 aliphatic carbocycles. The van der Waals surface area contributed by atoms with Crippen LogP contribution in [-0.4, -0.2) is 131 Å². The molecular weight excluding hydrogens is 1130 g/mol. The van der Waals surface area contributed by atoms with Crippen LogP contribution in [0.2, 0.25) is 0 Å². The molecule has 3 unspecified atom stereocenters. The van der Waals surface area contributed by atoms with Gasteiger partial charge in [-0.05, 0) is 124 Å². The van der Waals surface area contributed by atoms with Crippen molar-refractivity contribution >= 4 is 79.0 Å². The number of carbonyl (C=O) groups is 3. The molecule has 6 aliphatic rings. The van der Waals surface area contributed by atoms with Crippen molar-refractivity contribution in [1.29, 1.82) is 0 Å². The normalized spacial score (nSPS) is 25.8. The number of carbonyl (C=O) groups excluding carboxylic acids is 3. The smallest absolute Gasteiger partial charge is 0.410 e. The van der Waals surface area contributed by atoms with Gasteiger partial charge in [0.1, 0.15) is 23.5 Å². The molecule has 2 amide bonds. The lowest BCUT2D eigenvalue weighted by Crippen LogP contribution is -2.49. The number of hydrogen-bond acceptors (Lipinski definition) is 11. The zero-order chi connectivity index (χ0) is 60.4. The Bertz CT molecular complexity index is 3530. The highest BCUT2D eigenvalue weighted by atomic mass is 35.5. The van der Waals surface area contributed by atoms with Crippen molar-refractivity contribution in [2.75, 3.05) is 35.6 Å². The number of nitrogens with one attached hydrogen (secondary N) is 7. The molecule has 7 aromatic rings. The quantitative estimate of drug-likeness (QED) is 0.0329. The van der Waals surface area contributed by atoms with Gasteiger partial charge < -0.3 is 50.8 Å². The van der Waals surface area contributed by atoms with E-state index in [1.54, 1.807) is 47.0 Å². The zero-order valence-electron chi connectivity index (χ0n) is 47.6. The number of rotatable bonds is 13. The largest absolute Gasteiger partial charge is 0.445 e. The second kappa shape index (κ2) is 25.2. The fourth-order valence-electron chi connectivity index (χ4n) is 11.8. The van der Waals surface area contributed by atoms with Crippen LogP contribution in [-0.2, 0) is 20.9 Å². The molecule has 16 nitrogen and oxygen atoms in total. The van der Waals surface area contributed by atoms with Gasteiger partial charge in [0.25, 0.3) is 17.8 Å². The van der Waals surface area contributed by atoms with Crippen LogP contribution in [0.1, 0.15) is 119 Å². The molecule has 452 valence electrons. The minimum Gasteiger partial charge on any atom is -0.445 e. The number of alkyl halides is 6. The van der Waals surface area contributed by atoms with Crippen molar-refractivity contribution in [3.05, 3.63) is 133 Å². The van der Waals surface area contributed by atoms with E-state index in [1.807, 2.05) is 62.4 Å². The van der Waals surface area contributed by atoms with E-state index in [-0.39, 0.29) is 62.0 Å². The summed E-state index contributed by atoms with van der Waals surface area (Å²) in [6.07, 6.45) is 17.4. The highest BCUT2D eigenvalue weighted by molar-refractivity contribution is 6.66. The van der Waals surface area contributed by atoms with Gasteiger partial charge in [0, 0.05) is 146 Å². The number of nitrogens with zero attached hydrogens (tertiary/aromatic N) is 5. The SMILES string of the molecule is C=CC(=O)Cl.C=CC(=O)N1C[C@H](Nc2ccnc3[nH]cc(C4CC4(F)F)c23)CC[C@@H]1C.C[C@H]1CC[C@@H](Nc2ccnc3[nH]cc(C4CC4(F)F)c23)CN1.C[C@H]1CC[C@@H](Nc2ccnc3[nH]cc(C4CC4(F)F)c23)CN1C(=O)OCc1ccccc1. The van der Waals surface area contributed by atoms with Crippen LogP contribution in [0.4, 0.5) is 48.2 Å². The van der Waals surface area contributed by atoms with Crippen LogP contribution in [0.5, 0.6) is 0 Å². The van der Waals surface area contributed by atoms with Crippen molar-refractivity contribution < 1.29 is 45.5 Å². The summed E-state index contributed by atoms with van der Waals surface area (Å²) >= 11 is 4.71. The van der Waals surface area contributed by atoms with E-state index in [2.05, 4.69) is 71.3 Å². The summed E-state index contributed by atoms with van der Waals surface area (Å²) in [6.45, 7) is 15.0. The second-order valence-corrected chi connectivity index (χ2v) is 23.6. The number of pyridine rings is 3. The van der Waals surface area contributed by atoms with Gasteiger partial charge in [-0.3, -0.25) is 9.59 Å². The highest BCUT2D eigenvalue weighted by Crippen LogP contribution is 2.59. The van der Waals surface area contributed by atoms with Crippen molar-refractivity contribution in [1.82, 2.24) is 45.0 Å². The molecule has 7 N–H and O–H groups in total. The number of benzene rings is 1. The molecule has 9 atom stereocenters. The average molecular weight is 1200 g/mol. The summed E-state index contributed by atoms with van der Waals surface area (Å²) in [4.78, 5) is 59.7. The Labute approximate surface area is 493 Å². The predicted molar refractivity (Wildman–Crippen MR) is 318 cm³/mol. The van der Waals surface area contributed by atoms with Crippen LogP contribution in [0, 0.1) is 0 Å². The van der Waals surface area contributed by atoms with E-state index in [4.69, 9.17) is 16.3 Å². The first-order chi connectivity index (χ1) is 40.6. The Kier molecular flexibility index (Phi) is 17.9. The van der Waals surface area contributed by atoms with Crippen molar-refractivity contribution in [3.8, 4) is 0 Å². The van der Waals surface area contributed by atoms with Crippen LogP contribution < -0.4 is 21.3 Å². The summed E-state index contributed by atoms with van der Waals surface area (Å²) in [5, 5.41) is 15.7. The van der Waals surface area contributed by atoms with E-state index >= 15 is 0 Å². The first kappa shape index (κ1) is 60.5. The van der Waals surface area contributed by atoms with E-state index in [0.29, 0.717) is 64.2 Å². The summed E-state index contributed by atoms with van der Waals surface area (Å²) in [6, 6.07) is 16.3. The van der Waals surface area contributed by atoms with Crippen molar-refractivity contribution in [2.45, 2.75) is 157 Å². The van der Waals surface area contributed by atoms with Crippen LogP contribution in [0.25, 0.3) is 33.1 Å². The van der Waals surface area contributed by atoms with Crippen molar-refractivity contribution in [3.63, 3.8) is 0 Å². The first-order valence-corrected chi connectivity index (χ1v) is 29.3. The Morgan fingerprint density at radius 3 is 1.40 bits per heavy atom. The molecule has 3 saturated heterocycles. The maximum Gasteiger partial charge on any atom is 0.410 e. The molecular formula is C62H71ClF6N12O4. The molecule has 1 aromatic carbocycles. The van der Waals surface area contributed by atoms with E-state index in [9.17, 15) is 40.7 Å². The van der Waals surface area contributed by atoms with Crippen molar-refractivity contribution in [2.24, 2.45) is 0 Å². The van der Waals surface area contributed by atoms with Crippen LogP contribution >= 0.6 is 11.6 Å². The lowest BCUT2D eigenvalue weighted by Gasteiger charge is -2.38. The molecule has 0 spiro atoms. The lowest BCUT2D eigenvalue weighted by molar-refractivity contribution is -0.129. The molecule has 6 aromatic heterocycles. The fraction of sp³-hybridized carbons (Fsp3) is 0.452. The number of likely N-dealkylation sites (tertiary alicyclic amines) is 2. The molecule has 6 fully saturated rings. The Morgan fingerprint density at radius 2 is 1.01 bits per heavy atom. The number of allylic oxidation sites excluding steroid dienone is 1. The number of ether oxygens (including phenoxy) is 1. The summed E-state index contributed by atoms with van der Waals surface area (Å²) in [5.41, 5.74) is 7.19. The number of H-pyrrole nitrogens is 3. The highest BCUT2D eigenvalue weighted by Gasteiger charge is 2.60. The third-order valence-electron chi connectivity index (χ3n) is 17.0. The topological polar surface area (TPSA) is 201 Å². The van der Waals surface area contributed by atoms with Gasteiger partial charge in [0.15, 0.2) is 0 Å². The third kappa shape index (κ3) is 14.1. The Morgan fingerprint density at radius 1 is 0.612 bits per heavy atom. The summed E-state index contributed by atoms with van der Waals surface area (Å²) in [7, 11) is 0. The summed E-state index contributed by atoms with van der Waals surface area (Å²) in [5.74, 6) is -10.1.